The Bertz CT molecular complexity index is 2360. The number of aliphatic hydroxyl groups is 1. The van der Waals surface area contributed by atoms with Crippen LogP contribution in [0, 0.1) is 30.6 Å². The molecule has 6 aromatic rings. The van der Waals surface area contributed by atoms with Crippen LogP contribution in [0.15, 0.2) is 97.6 Å². The number of fused-ring (bicyclic) bond motifs is 1. The normalized spacial score (nSPS) is 12.6. The Kier molecular flexibility index (Phi) is 11.8. The van der Waals surface area contributed by atoms with Gasteiger partial charge in [0.25, 0.3) is 0 Å². The first-order valence-electron chi connectivity index (χ1n) is 17.9. The average Bonchev–Trinajstić information content (AvgIpc) is 3.21. The zero-order valence-corrected chi connectivity index (χ0v) is 31.6. The number of nitrogens with one attached hydrogen (secondary N) is 3. The van der Waals surface area contributed by atoms with Gasteiger partial charge in [-0.15, -0.1) is 0 Å². The third-order valence-electron chi connectivity index (χ3n) is 9.23. The van der Waals surface area contributed by atoms with E-state index in [4.69, 9.17) is 25.9 Å². The molecule has 0 fully saturated rings. The summed E-state index contributed by atoms with van der Waals surface area (Å²) in [6.45, 7) is 8.64. The molecule has 0 spiro atoms. The van der Waals surface area contributed by atoms with Gasteiger partial charge in [-0.2, -0.15) is 5.26 Å². The fourth-order valence-electron chi connectivity index (χ4n) is 5.95. The van der Waals surface area contributed by atoms with Crippen LogP contribution in [0.25, 0.3) is 22.3 Å². The Morgan fingerprint density at radius 3 is 1.86 bits per heavy atom. The summed E-state index contributed by atoms with van der Waals surface area (Å²) in [6.07, 6.45) is 7.07. The molecular weight excluding hydrogens is 707 g/mol. The maximum absolute atomic E-state index is 10.0. The first kappa shape index (κ1) is 38.8. The SMILES string of the molecule is Cc1ncc(CNc2ccc(-c3ccc(C#N)cc3)cn2)c2c1OC(C)(C)OC2.Cc1ncc(CNc2ccc(-c3ccc(C(=N)N)cc3)cn2)c(CO)c1O. The molecule has 7 N–H and O–H groups in total. The second kappa shape index (κ2) is 17.1. The van der Waals surface area contributed by atoms with E-state index in [1.54, 1.807) is 43.6 Å². The molecule has 0 atom stereocenters. The zero-order chi connectivity index (χ0) is 39.8. The molecular formula is C43H43N9O4. The first-order valence-corrected chi connectivity index (χ1v) is 17.9. The number of nitrogens with two attached hydrogens (primary N) is 1. The van der Waals surface area contributed by atoms with Gasteiger partial charge in [-0.1, -0.05) is 36.4 Å². The predicted octanol–water partition coefficient (Wildman–Crippen LogP) is 7.13. The van der Waals surface area contributed by atoms with Gasteiger partial charge in [0.15, 0.2) is 0 Å². The van der Waals surface area contributed by atoms with Gasteiger partial charge in [-0.3, -0.25) is 15.4 Å². The van der Waals surface area contributed by atoms with E-state index in [9.17, 15) is 10.2 Å². The van der Waals surface area contributed by atoms with E-state index in [1.807, 2.05) is 81.7 Å². The number of nitrogen functional groups attached to an aromatic ring is 1. The van der Waals surface area contributed by atoms with Gasteiger partial charge in [0.05, 0.1) is 36.2 Å². The number of pyridine rings is 4. The van der Waals surface area contributed by atoms with Crippen molar-refractivity contribution in [2.24, 2.45) is 5.73 Å². The molecule has 5 heterocycles. The Hall–Kier alpha value is -6.88. The summed E-state index contributed by atoms with van der Waals surface area (Å²) in [4.78, 5) is 17.5. The standard InChI is InChI=1S/C23H22N4O2.C20H21N5O2/c1-15-22-20(14-28-23(2,3)29-22)19(12-25-15)13-27-21-9-8-18(11-26-21)17-6-4-16(10-24)5-7-17;1-12-19(27)17(11-26)16(9-23-12)10-25-18-7-6-15(8-24-18)13-2-4-14(5-3-13)20(21)22/h4-9,11-12H,13-14H2,1-3H3,(H,26,27);2-9,26-27H,10-11H2,1H3,(H3,21,22)(H,24,25). The Labute approximate surface area is 325 Å². The third kappa shape index (κ3) is 9.25. The van der Waals surface area contributed by atoms with Gasteiger partial charge in [0.1, 0.15) is 29.0 Å². The highest BCUT2D eigenvalue weighted by Crippen LogP contribution is 2.35. The number of nitrogens with zero attached hydrogens (tertiary/aromatic N) is 5. The highest BCUT2D eigenvalue weighted by molar-refractivity contribution is 5.95. The summed E-state index contributed by atoms with van der Waals surface area (Å²) >= 11 is 0. The van der Waals surface area contributed by atoms with E-state index in [1.165, 1.54) is 0 Å². The van der Waals surface area contributed by atoms with E-state index in [2.05, 4.69) is 36.6 Å². The van der Waals surface area contributed by atoms with Crippen LogP contribution in [0.1, 0.15) is 58.6 Å². The largest absolute Gasteiger partial charge is 0.506 e. The predicted molar refractivity (Wildman–Crippen MR) is 215 cm³/mol. The van der Waals surface area contributed by atoms with E-state index >= 15 is 0 Å². The molecule has 56 heavy (non-hydrogen) atoms. The summed E-state index contributed by atoms with van der Waals surface area (Å²) in [5.41, 5.74) is 15.3. The first-order chi connectivity index (χ1) is 26.9. The number of hydrogen-bond acceptors (Lipinski definition) is 12. The monoisotopic (exact) mass is 749 g/mol. The van der Waals surface area contributed by atoms with Gasteiger partial charge in [0, 0.05) is 79.5 Å². The smallest absolute Gasteiger partial charge is 0.205 e. The zero-order valence-electron chi connectivity index (χ0n) is 31.6. The number of anilines is 2. The molecule has 0 unspecified atom stereocenters. The quantitative estimate of drug-likeness (QED) is 0.0611. The fraction of sp³-hybridized carbons (Fsp3) is 0.209. The van der Waals surface area contributed by atoms with Crippen LogP contribution < -0.4 is 21.1 Å². The summed E-state index contributed by atoms with van der Waals surface area (Å²) in [6, 6.07) is 24.7. The maximum atomic E-state index is 10.0. The molecule has 13 nitrogen and oxygen atoms in total. The summed E-state index contributed by atoms with van der Waals surface area (Å²) in [5.74, 6) is 1.67. The van der Waals surface area contributed by atoms with E-state index in [0.29, 0.717) is 53.5 Å². The molecule has 284 valence electrons. The minimum atomic E-state index is -0.645. The second-order valence-electron chi connectivity index (χ2n) is 13.6. The van der Waals surface area contributed by atoms with Crippen molar-refractivity contribution >= 4 is 17.5 Å². The number of aliphatic hydroxyl groups excluding tert-OH is 1. The number of nitriles is 1. The van der Waals surface area contributed by atoms with Crippen molar-refractivity contribution in [3.05, 3.63) is 142 Å². The lowest BCUT2D eigenvalue weighted by molar-refractivity contribution is -0.180. The number of hydrogen-bond donors (Lipinski definition) is 6. The lowest BCUT2D eigenvalue weighted by Crippen LogP contribution is -2.36. The molecule has 0 bridgehead atoms. The molecule has 0 saturated carbocycles. The third-order valence-corrected chi connectivity index (χ3v) is 9.23. The highest BCUT2D eigenvalue weighted by Gasteiger charge is 2.30. The molecule has 1 aliphatic rings. The molecule has 7 rings (SSSR count). The summed E-state index contributed by atoms with van der Waals surface area (Å²) in [5, 5.41) is 42.3. The fourth-order valence-corrected chi connectivity index (χ4v) is 5.95. The lowest BCUT2D eigenvalue weighted by Gasteiger charge is -2.34. The molecule has 1 aliphatic heterocycles. The van der Waals surface area contributed by atoms with E-state index in [-0.39, 0.29) is 18.2 Å². The molecule has 0 aliphatic carbocycles. The molecule has 0 radical (unpaired) electrons. The van der Waals surface area contributed by atoms with Crippen LogP contribution in [0.5, 0.6) is 11.5 Å². The van der Waals surface area contributed by atoms with Crippen molar-refractivity contribution in [1.29, 1.82) is 10.7 Å². The number of ether oxygens (including phenoxy) is 2. The van der Waals surface area contributed by atoms with Crippen molar-refractivity contribution < 1.29 is 19.7 Å². The van der Waals surface area contributed by atoms with Gasteiger partial charge < -0.3 is 36.1 Å². The lowest BCUT2D eigenvalue weighted by atomic mass is 10.1. The van der Waals surface area contributed by atoms with Crippen molar-refractivity contribution in [3.63, 3.8) is 0 Å². The van der Waals surface area contributed by atoms with Crippen LogP contribution in [-0.2, 0) is 31.0 Å². The van der Waals surface area contributed by atoms with Gasteiger partial charge in [-0.05, 0) is 72.5 Å². The average molecular weight is 750 g/mol. The van der Waals surface area contributed by atoms with E-state index in [0.717, 1.165) is 50.6 Å². The topological polar surface area (TPSA) is 208 Å². The molecule has 4 aromatic heterocycles. The number of aromatic hydroxyl groups is 1. The van der Waals surface area contributed by atoms with Crippen LogP contribution in [-0.4, -0.2) is 41.8 Å². The Morgan fingerprint density at radius 1 is 0.786 bits per heavy atom. The van der Waals surface area contributed by atoms with Gasteiger partial charge >= 0.3 is 0 Å². The van der Waals surface area contributed by atoms with Crippen LogP contribution >= 0.6 is 0 Å². The summed E-state index contributed by atoms with van der Waals surface area (Å²) < 4.78 is 11.8. The van der Waals surface area contributed by atoms with Gasteiger partial charge in [0.2, 0.25) is 5.79 Å². The van der Waals surface area contributed by atoms with Crippen molar-refractivity contribution in [2.75, 3.05) is 10.6 Å². The second-order valence-corrected chi connectivity index (χ2v) is 13.6. The highest BCUT2D eigenvalue weighted by atomic mass is 16.7. The van der Waals surface area contributed by atoms with Gasteiger partial charge in [-0.25, -0.2) is 9.97 Å². The molecule has 0 amide bonds. The Morgan fingerprint density at radius 2 is 1.32 bits per heavy atom. The van der Waals surface area contributed by atoms with E-state index < -0.39 is 5.79 Å². The van der Waals surface area contributed by atoms with Crippen molar-refractivity contribution in [2.45, 2.75) is 59.8 Å². The minimum absolute atomic E-state index is 0.0223. The summed E-state index contributed by atoms with van der Waals surface area (Å²) in [7, 11) is 0. The molecule has 13 heteroatoms. The van der Waals surface area contributed by atoms with Crippen LogP contribution in [0.4, 0.5) is 11.6 Å². The number of aromatic nitrogens is 4. The van der Waals surface area contributed by atoms with Crippen LogP contribution in [0.3, 0.4) is 0 Å². The van der Waals surface area contributed by atoms with Crippen molar-refractivity contribution in [1.82, 2.24) is 19.9 Å². The maximum Gasteiger partial charge on any atom is 0.205 e. The van der Waals surface area contributed by atoms with Crippen molar-refractivity contribution in [3.8, 4) is 39.8 Å². The number of rotatable bonds is 10. The number of aryl methyl sites for hydroxylation is 2. The number of benzene rings is 2. The molecule has 0 saturated heterocycles. The Balaban J connectivity index is 0.000000190. The van der Waals surface area contributed by atoms with Crippen LogP contribution in [0.2, 0.25) is 0 Å². The molecule has 2 aromatic carbocycles. The minimum Gasteiger partial charge on any atom is -0.506 e. The number of amidine groups is 1.